The van der Waals surface area contributed by atoms with Gasteiger partial charge in [0.15, 0.2) is 0 Å². The minimum atomic E-state index is -0.0967. The lowest BCUT2D eigenvalue weighted by atomic mass is 10.5. The summed E-state index contributed by atoms with van der Waals surface area (Å²) < 4.78 is -0.0967. The van der Waals surface area contributed by atoms with Gasteiger partial charge in [-0.05, 0) is 19.9 Å². The average Bonchev–Trinajstić information content (AvgIpc) is 2.00. The largest absolute Gasteiger partial charge is 0.392 e. The van der Waals surface area contributed by atoms with Crippen molar-refractivity contribution in [1.82, 2.24) is 0 Å². The first-order valence-corrected chi connectivity index (χ1v) is 3.56. The predicted octanol–water partition coefficient (Wildman–Crippen LogP) is 0.738. The maximum Gasteiger partial charge on any atom is 0.126 e. The Bertz CT molecular complexity index is 108. The molecule has 0 aromatic heterocycles. The van der Waals surface area contributed by atoms with Crippen LogP contribution in [0, 0.1) is 0 Å². The van der Waals surface area contributed by atoms with Crippen LogP contribution in [0.1, 0.15) is 13.8 Å². The Morgan fingerprint density at radius 1 is 1.30 bits per heavy atom. The van der Waals surface area contributed by atoms with Gasteiger partial charge in [0.1, 0.15) is 19.3 Å². The minimum absolute atomic E-state index is 0.0133. The predicted molar refractivity (Wildman–Crippen MR) is 39.4 cm³/mol. The SMILES string of the molecule is CC[N+](O)(/C=C/CO)CC. The fourth-order valence-corrected chi connectivity index (χ4v) is 0.678. The molecule has 0 aromatic carbocycles. The number of hydrogen-bond acceptors (Lipinski definition) is 2. The van der Waals surface area contributed by atoms with Crippen LogP contribution in [0.5, 0.6) is 0 Å². The van der Waals surface area contributed by atoms with Crippen molar-refractivity contribution in [3.8, 4) is 0 Å². The molecule has 0 fully saturated rings. The number of rotatable bonds is 4. The Hall–Kier alpha value is -0.380. The number of hydrogen-bond donors (Lipinski definition) is 2. The smallest absolute Gasteiger partial charge is 0.126 e. The third-order valence-electron chi connectivity index (χ3n) is 1.58. The van der Waals surface area contributed by atoms with E-state index in [4.69, 9.17) is 5.11 Å². The van der Waals surface area contributed by atoms with Gasteiger partial charge in [0, 0.05) is 0 Å². The van der Waals surface area contributed by atoms with Crippen LogP contribution in [-0.4, -0.2) is 34.7 Å². The summed E-state index contributed by atoms with van der Waals surface area (Å²) in [4.78, 5) is 0. The topological polar surface area (TPSA) is 40.5 Å². The molecule has 0 unspecified atom stereocenters. The molecule has 0 saturated heterocycles. The van der Waals surface area contributed by atoms with Gasteiger partial charge < -0.3 is 5.11 Å². The molecule has 0 atom stereocenters. The zero-order valence-corrected chi connectivity index (χ0v) is 6.62. The maximum atomic E-state index is 9.50. The Morgan fingerprint density at radius 3 is 2.10 bits per heavy atom. The average molecular weight is 146 g/mol. The van der Waals surface area contributed by atoms with Gasteiger partial charge in [-0.1, -0.05) is 0 Å². The van der Waals surface area contributed by atoms with Gasteiger partial charge >= 0.3 is 0 Å². The number of quaternary nitrogens is 1. The molecule has 10 heavy (non-hydrogen) atoms. The van der Waals surface area contributed by atoms with Gasteiger partial charge in [0.05, 0.1) is 6.61 Å². The lowest BCUT2D eigenvalue weighted by Gasteiger charge is -2.21. The van der Waals surface area contributed by atoms with E-state index in [9.17, 15) is 5.21 Å². The molecule has 60 valence electrons. The van der Waals surface area contributed by atoms with Gasteiger partial charge in [0.25, 0.3) is 0 Å². The van der Waals surface area contributed by atoms with E-state index < -0.39 is 0 Å². The van der Waals surface area contributed by atoms with Gasteiger partial charge in [0.2, 0.25) is 0 Å². The lowest BCUT2D eigenvalue weighted by molar-refractivity contribution is -1.06. The van der Waals surface area contributed by atoms with E-state index >= 15 is 0 Å². The van der Waals surface area contributed by atoms with E-state index in [1.165, 1.54) is 0 Å². The van der Waals surface area contributed by atoms with Crippen LogP contribution in [0.25, 0.3) is 0 Å². The molecule has 0 rings (SSSR count). The van der Waals surface area contributed by atoms with Crippen molar-refractivity contribution in [2.45, 2.75) is 13.8 Å². The number of nitrogens with zero attached hydrogens (tertiary/aromatic N) is 1. The Balaban J connectivity index is 3.92. The third kappa shape index (κ3) is 2.96. The Labute approximate surface area is 61.8 Å². The standard InChI is InChI=1S/C7H16NO2/c1-3-8(10,4-2)6-5-7-9/h5-6,9-10H,3-4,7H2,1-2H3/q+1/b6-5+. The van der Waals surface area contributed by atoms with E-state index in [0.29, 0.717) is 13.1 Å². The lowest BCUT2D eigenvalue weighted by Crippen LogP contribution is -2.38. The highest BCUT2D eigenvalue weighted by Gasteiger charge is 2.14. The number of aliphatic hydroxyl groups is 1. The molecule has 3 nitrogen and oxygen atoms in total. The van der Waals surface area contributed by atoms with Crippen LogP contribution >= 0.6 is 0 Å². The van der Waals surface area contributed by atoms with Crippen molar-refractivity contribution in [3.05, 3.63) is 12.3 Å². The summed E-state index contributed by atoms with van der Waals surface area (Å²) in [7, 11) is 0. The molecule has 0 amide bonds. The molecule has 0 aliphatic carbocycles. The fraction of sp³-hybridized carbons (Fsp3) is 0.714. The van der Waals surface area contributed by atoms with Crippen LogP contribution in [0.2, 0.25) is 0 Å². The van der Waals surface area contributed by atoms with E-state index in [0.717, 1.165) is 0 Å². The van der Waals surface area contributed by atoms with E-state index in [-0.39, 0.29) is 11.3 Å². The number of hydroxylamine groups is 3. The maximum absolute atomic E-state index is 9.50. The summed E-state index contributed by atoms with van der Waals surface area (Å²) >= 11 is 0. The molecule has 0 spiro atoms. The normalized spacial score (nSPS) is 12.8. The van der Waals surface area contributed by atoms with Crippen LogP contribution < -0.4 is 0 Å². The molecule has 0 aliphatic heterocycles. The quantitative estimate of drug-likeness (QED) is 0.453. The fourth-order valence-electron chi connectivity index (χ4n) is 0.678. The zero-order valence-electron chi connectivity index (χ0n) is 6.62. The molecule has 0 aliphatic rings. The monoisotopic (exact) mass is 146 g/mol. The van der Waals surface area contributed by atoms with E-state index in [2.05, 4.69) is 0 Å². The molecule has 0 saturated carbocycles. The van der Waals surface area contributed by atoms with Crippen LogP contribution in [0.4, 0.5) is 0 Å². The minimum Gasteiger partial charge on any atom is -0.392 e. The van der Waals surface area contributed by atoms with E-state index in [1.807, 2.05) is 13.8 Å². The van der Waals surface area contributed by atoms with Crippen molar-refractivity contribution >= 4 is 0 Å². The van der Waals surface area contributed by atoms with Gasteiger partial charge in [-0.2, -0.15) is 4.65 Å². The first kappa shape index (κ1) is 9.62. The Kier molecular flexibility index (Phi) is 4.27. The summed E-state index contributed by atoms with van der Waals surface area (Å²) in [6, 6.07) is 0. The molecule has 2 N–H and O–H groups in total. The van der Waals surface area contributed by atoms with Crippen molar-refractivity contribution in [3.63, 3.8) is 0 Å². The van der Waals surface area contributed by atoms with Crippen molar-refractivity contribution in [2.75, 3.05) is 19.7 Å². The molecule has 0 aromatic rings. The highest BCUT2D eigenvalue weighted by Crippen LogP contribution is 2.00. The molecule has 0 radical (unpaired) electrons. The summed E-state index contributed by atoms with van der Waals surface area (Å²) in [5.74, 6) is 0. The molecule has 3 heteroatoms. The van der Waals surface area contributed by atoms with Crippen LogP contribution in [0.3, 0.4) is 0 Å². The van der Waals surface area contributed by atoms with Crippen molar-refractivity contribution in [1.29, 1.82) is 0 Å². The second kappa shape index (κ2) is 4.44. The van der Waals surface area contributed by atoms with Gasteiger partial charge in [-0.25, -0.2) is 5.21 Å². The third-order valence-corrected chi connectivity index (χ3v) is 1.58. The summed E-state index contributed by atoms with van der Waals surface area (Å²) in [6.07, 6.45) is 3.15. The second-order valence-corrected chi connectivity index (χ2v) is 2.19. The van der Waals surface area contributed by atoms with Crippen LogP contribution in [0.15, 0.2) is 12.3 Å². The molecule has 0 bridgehead atoms. The van der Waals surface area contributed by atoms with E-state index in [1.54, 1.807) is 12.3 Å². The highest BCUT2D eigenvalue weighted by atomic mass is 16.5. The summed E-state index contributed by atoms with van der Waals surface area (Å²) in [5.41, 5.74) is 0. The van der Waals surface area contributed by atoms with Crippen molar-refractivity contribution < 1.29 is 15.0 Å². The molecular formula is C7H16NO2+. The summed E-state index contributed by atoms with van der Waals surface area (Å²) in [5, 5.41) is 17.9. The first-order chi connectivity index (χ1) is 4.68. The second-order valence-electron chi connectivity index (χ2n) is 2.19. The van der Waals surface area contributed by atoms with Gasteiger partial charge in [-0.15, -0.1) is 0 Å². The molecule has 0 heterocycles. The van der Waals surface area contributed by atoms with Crippen LogP contribution in [-0.2, 0) is 0 Å². The highest BCUT2D eigenvalue weighted by molar-refractivity contribution is 4.70. The molecular weight excluding hydrogens is 130 g/mol. The van der Waals surface area contributed by atoms with Gasteiger partial charge in [-0.3, -0.25) is 0 Å². The zero-order chi connectivity index (χ0) is 8.04. The van der Waals surface area contributed by atoms with Crippen molar-refractivity contribution in [2.24, 2.45) is 0 Å². The number of aliphatic hydroxyl groups excluding tert-OH is 1. The Morgan fingerprint density at radius 2 is 1.80 bits per heavy atom. The summed E-state index contributed by atoms with van der Waals surface area (Å²) in [6.45, 7) is 5.04. The first-order valence-electron chi connectivity index (χ1n) is 3.56.